The second-order valence-corrected chi connectivity index (χ2v) is 17.0. The molecule has 0 unspecified atom stereocenters. The van der Waals surface area contributed by atoms with E-state index in [1.54, 1.807) is 0 Å². The SMILES string of the molecule is CC(=O)NC(CCCNC(CCC(=O)O)(CCC(=O)O)CCC(=O)O)(CCC(=O)NC(CCC(=O)O)(CCC(=O)O)CCC(=O)O)CCC(=O)NC(CCC(=O)O)(CCC(=O)O)CCC(=O)O. The zero-order valence-electron chi connectivity index (χ0n) is 37.6. The molecule has 25 nitrogen and oxygen atoms in total. The van der Waals surface area contributed by atoms with Gasteiger partial charge in [-0.15, -0.1) is 0 Å². The quantitative estimate of drug-likeness (QED) is 0.0390. The maximum Gasteiger partial charge on any atom is 0.303 e. The van der Waals surface area contributed by atoms with Crippen molar-refractivity contribution in [3.8, 4) is 0 Å². The molecule has 0 aromatic rings. The number of carbonyl (C=O) groups excluding carboxylic acids is 3. The summed E-state index contributed by atoms with van der Waals surface area (Å²) >= 11 is 0. The fourth-order valence-corrected chi connectivity index (χ4v) is 8.02. The lowest BCUT2D eigenvalue weighted by Crippen LogP contribution is -2.53. The lowest BCUT2D eigenvalue weighted by Gasteiger charge is -2.39. The predicted octanol–water partition coefficient (Wildman–Crippen LogP) is 2.02. The molecule has 13 N–H and O–H groups in total. The Kier molecular flexibility index (Phi) is 27.1. The van der Waals surface area contributed by atoms with Crippen molar-refractivity contribution in [3.63, 3.8) is 0 Å². The van der Waals surface area contributed by atoms with E-state index in [0.717, 1.165) is 6.92 Å². The monoisotopic (exact) mass is 962 g/mol. The van der Waals surface area contributed by atoms with Crippen molar-refractivity contribution in [2.45, 2.75) is 183 Å². The first-order chi connectivity index (χ1) is 31.1. The van der Waals surface area contributed by atoms with Crippen molar-refractivity contribution in [1.29, 1.82) is 0 Å². The Morgan fingerprint density at radius 2 is 0.507 bits per heavy atom. The van der Waals surface area contributed by atoms with Gasteiger partial charge in [-0.1, -0.05) is 0 Å². The first-order valence-electron chi connectivity index (χ1n) is 21.7. The van der Waals surface area contributed by atoms with Crippen LogP contribution in [0.3, 0.4) is 0 Å². The number of nitrogens with one attached hydrogen (secondary N) is 4. The van der Waals surface area contributed by atoms with E-state index in [1.807, 2.05) is 0 Å². The molecular formula is C42H66N4O21. The van der Waals surface area contributed by atoms with Crippen molar-refractivity contribution in [3.05, 3.63) is 0 Å². The van der Waals surface area contributed by atoms with Crippen molar-refractivity contribution < 1.29 is 103 Å². The van der Waals surface area contributed by atoms with E-state index in [1.165, 1.54) is 0 Å². The van der Waals surface area contributed by atoms with Crippen LogP contribution < -0.4 is 21.3 Å². The van der Waals surface area contributed by atoms with Gasteiger partial charge in [0.25, 0.3) is 0 Å². The summed E-state index contributed by atoms with van der Waals surface area (Å²) in [7, 11) is 0. The minimum atomic E-state index is -1.64. The molecule has 0 heterocycles. The maximum absolute atomic E-state index is 13.8. The Bertz CT molecular complexity index is 1550. The lowest BCUT2D eigenvalue weighted by atomic mass is 9.80. The molecule has 0 atom stereocenters. The zero-order chi connectivity index (χ0) is 51.4. The molecule has 0 aliphatic carbocycles. The summed E-state index contributed by atoms with van der Waals surface area (Å²) in [5.74, 6) is -14.0. The minimum absolute atomic E-state index is 0.0258. The Hall–Kier alpha value is -6.40. The average Bonchev–Trinajstić information content (AvgIpc) is 3.21. The van der Waals surface area contributed by atoms with Gasteiger partial charge in [0.2, 0.25) is 17.7 Å². The van der Waals surface area contributed by atoms with Gasteiger partial charge < -0.3 is 67.2 Å². The summed E-state index contributed by atoms with van der Waals surface area (Å²) in [6, 6.07) is 0. The van der Waals surface area contributed by atoms with Gasteiger partial charge in [0.05, 0.1) is 0 Å². The number of carboxylic acid groups (broad SMARTS) is 9. The van der Waals surface area contributed by atoms with Gasteiger partial charge in [-0.3, -0.25) is 57.5 Å². The Morgan fingerprint density at radius 3 is 0.731 bits per heavy atom. The number of carbonyl (C=O) groups is 12. The smallest absolute Gasteiger partial charge is 0.303 e. The van der Waals surface area contributed by atoms with Gasteiger partial charge in [-0.2, -0.15) is 0 Å². The Balaban J connectivity index is 7.22. The minimum Gasteiger partial charge on any atom is -0.481 e. The summed E-state index contributed by atoms with van der Waals surface area (Å²) < 4.78 is 0. The predicted molar refractivity (Wildman–Crippen MR) is 229 cm³/mol. The van der Waals surface area contributed by atoms with E-state index < -0.39 is 164 Å². The van der Waals surface area contributed by atoms with Gasteiger partial charge in [-0.25, -0.2) is 0 Å². The molecule has 0 saturated heterocycles. The Labute approximate surface area is 385 Å². The molecule has 0 radical (unpaired) electrons. The third-order valence-electron chi connectivity index (χ3n) is 11.6. The number of hydrogen-bond donors (Lipinski definition) is 13. The normalized spacial score (nSPS) is 11.8. The molecule has 0 rings (SSSR count). The molecular weight excluding hydrogens is 896 g/mol. The molecule has 0 aliphatic heterocycles. The topological polar surface area (TPSA) is 435 Å². The molecule has 380 valence electrons. The van der Waals surface area contributed by atoms with Crippen LogP contribution in [-0.2, 0) is 57.5 Å². The van der Waals surface area contributed by atoms with Gasteiger partial charge in [0.1, 0.15) is 0 Å². The molecule has 0 saturated carbocycles. The van der Waals surface area contributed by atoms with Crippen molar-refractivity contribution >= 4 is 71.4 Å². The van der Waals surface area contributed by atoms with Gasteiger partial charge in [0, 0.05) is 99.7 Å². The zero-order valence-corrected chi connectivity index (χ0v) is 37.6. The number of aliphatic carboxylic acids is 9. The van der Waals surface area contributed by atoms with Gasteiger partial charge in [-0.05, 0) is 90.0 Å². The van der Waals surface area contributed by atoms with E-state index in [2.05, 4.69) is 21.3 Å². The van der Waals surface area contributed by atoms with E-state index >= 15 is 0 Å². The van der Waals surface area contributed by atoms with Gasteiger partial charge in [0.15, 0.2) is 0 Å². The number of hydrogen-bond acceptors (Lipinski definition) is 13. The first kappa shape index (κ1) is 60.6. The maximum atomic E-state index is 13.8. The lowest BCUT2D eigenvalue weighted by molar-refractivity contribution is -0.141. The molecule has 25 heteroatoms. The van der Waals surface area contributed by atoms with Crippen molar-refractivity contribution in [2.75, 3.05) is 6.54 Å². The van der Waals surface area contributed by atoms with Crippen LogP contribution in [0, 0.1) is 0 Å². The summed E-state index contributed by atoms with van der Waals surface area (Å²) in [5, 5.41) is 96.0. The highest BCUT2D eigenvalue weighted by molar-refractivity contribution is 5.80. The molecule has 0 spiro atoms. The molecule has 0 aromatic carbocycles. The summed E-state index contributed by atoms with van der Waals surface area (Å²) in [6.45, 7) is 1.05. The molecule has 0 bridgehead atoms. The van der Waals surface area contributed by atoms with Crippen molar-refractivity contribution in [1.82, 2.24) is 21.3 Å². The van der Waals surface area contributed by atoms with Crippen molar-refractivity contribution in [2.24, 2.45) is 0 Å². The molecule has 67 heavy (non-hydrogen) atoms. The van der Waals surface area contributed by atoms with Crippen LogP contribution in [0.15, 0.2) is 0 Å². The highest BCUT2D eigenvalue weighted by atomic mass is 16.4. The van der Waals surface area contributed by atoms with Crippen LogP contribution in [0.5, 0.6) is 0 Å². The van der Waals surface area contributed by atoms with Crippen LogP contribution in [-0.4, -0.2) is 146 Å². The molecule has 0 aliphatic rings. The van der Waals surface area contributed by atoms with E-state index in [0.29, 0.717) is 0 Å². The second kappa shape index (κ2) is 30.0. The summed E-state index contributed by atoms with van der Waals surface area (Å²) in [6.07, 6.45) is -9.33. The van der Waals surface area contributed by atoms with Crippen LogP contribution in [0.2, 0.25) is 0 Å². The third-order valence-corrected chi connectivity index (χ3v) is 11.6. The summed E-state index contributed by atoms with van der Waals surface area (Å²) in [5.41, 5.74) is -6.13. The number of rotatable bonds is 41. The first-order valence-corrected chi connectivity index (χ1v) is 21.7. The number of amides is 3. The number of carboxylic acids is 9. The Morgan fingerprint density at radius 1 is 0.299 bits per heavy atom. The highest BCUT2D eigenvalue weighted by Crippen LogP contribution is 2.32. The van der Waals surface area contributed by atoms with E-state index in [9.17, 15) is 103 Å². The second-order valence-electron chi connectivity index (χ2n) is 17.0. The average molecular weight is 963 g/mol. The molecule has 0 fully saturated rings. The molecule has 0 aromatic heterocycles. The van der Waals surface area contributed by atoms with E-state index in [-0.39, 0.29) is 90.0 Å². The van der Waals surface area contributed by atoms with Gasteiger partial charge >= 0.3 is 53.7 Å². The largest absolute Gasteiger partial charge is 0.481 e. The molecule has 3 amide bonds. The van der Waals surface area contributed by atoms with E-state index in [4.69, 9.17) is 0 Å². The highest BCUT2D eigenvalue weighted by Gasteiger charge is 2.39. The fourth-order valence-electron chi connectivity index (χ4n) is 8.02. The van der Waals surface area contributed by atoms with Crippen LogP contribution >= 0.6 is 0 Å². The standard InChI is InChI=1S/C42H66N4O21/c1-27(47)44-40(14-2-26-43-39(17-5-30(50)51,18-6-31(52)53)19-7-32(54)55,15-3-28(48)45-41(20-8-33(56)57,21-9-34(58)59)22-10-35(60)61)16-4-29(49)46-42(23-11-36(62)63,24-12-37(64)65)25-13-38(66)67/h43H,2-26H2,1H3,(H,44,47)(H,45,48)(H,46,49)(H,50,51)(H,52,53)(H,54,55)(H,56,57)(H,58,59)(H,60,61)(H,62,63)(H,64,65)(H,66,67). The third kappa shape index (κ3) is 28.3. The van der Waals surface area contributed by atoms with Crippen LogP contribution in [0.1, 0.15) is 161 Å². The van der Waals surface area contributed by atoms with Crippen LogP contribution in [0.4, 0.5) is 0 Å². The summed E-state index contributed by atoms with van der Waals surface area (Å²) in [4.78, 5) is 145. The fraction of sp³-hybridized carbons (Fsp3) is 0.714. The van der Waals surface area contributed by atoms with Crippen LogP contribution in [0.25, 0.3) is 0 Å².